The third-order valence-electron chi connectivity index (χ3n) is 4.27. The molecular formula is C17H10F3N3O2. The molecule has 0 spiro atoms. The lowest BCUT2D eigenvalue weighted by molar-refractivity contribution is -0.384. The lowest BCUT2D eigenvalue weighted by Crippen LogP contribution is -2.14. The number of hydrogen-bond donors (Lipinski definition) is 0. The van der Waals surface area contributed by atoms with E-state index in [-0.39, 0.29) is 16.7 Å². The third-order valence-corrected chi connectivity index (χ3v) is 4.27. The molecule has 0 saturated heterocycles. The monoisotopic (exact) mass is 345 g/mol. The summed E-state index contributed by atoms with van der Waals surface area (Å²) in [7, 11) is 0. The van der Waals surface area contributed by atoms with E-state index in [9.17, 15) is 23.3 Å². The van der Waals surface area contributed by atoms with Crippen LogP contribution >= 0.6 is 0 Å². The van der Waals surface area contributed by atoms with Crippen LogP contribution in [0.15, 0.2) is 42.5 Å². The zero-order valence-corrected chi connectivity index (χ0v) is 12.8. The summed E-state index contributed by atoms with van der Waals surface area (Å²) < 4.78 is 41.8. The molecule has 0 radical (unpaired) electrons. The van der Waals surface area contributed by atoms with Crippen molar-refractivity contribution in [3.63, 3.8) is 0 Å². The molecule has 0 saturated carbocycles. The molecule has 8 heteroatoms. The first kappa shape index (κ1) is 15.4. The number of nitro groups is 1. The van der Waals surface area contributed by atoms with Crippen LogP contribution in [0.2, 0.25) is 0 Å². The van der Waals surface area contributed by atoms with Crippen molar-refractivity contribution in [1.82, 2.24) is 9.38 Å². The van der Waals surface area contributed by atoms with Gasteiger partial charge in [0.2, 0.25) is 5.82 Å². The van der Waals surface area contributed by atoms with Gasteiger partial charge in [0, 0.05) is 22.9 Å². The Bertz CT molecular complexity index is 1180. The van der Waals surface area contributed by atoms with Crippen LogP contribution in [0, 0.1) is 17.0 Å². The van der Waals surface area contributed by atoms with E-state index in [4.69, 9.17) is 0 Å². The molecule has 0 unspecified atom stereocenters. The quantitative estimate of drug-likeness (QED) is 0.365. The van der Waals surface area contributed by atoms with Gasteiger partial charge < -0.3 is 0 Å². The molecule has 2 heterocycles. The molecule has 25 heavy (non-hydrogen) atoms. The molecule has 0 aliphatic rings. The molecule has 126 valence electrons. The van der Waals surface area contributed by atoms with Gasteiger partial charge in [0.15, 0.2) is 0 Å². The fraction of sp³-hybridized carbons (Fsp3) is 0.118. The van der Waals surface area contributed by atoms with Crippen molar-refractivity contribution >= 4 is 33.0 Å². The van der Waals surface area contributed by atoms with E-state index in [0.29, 0.717) is 21.9 Å². The minimum atomic E-state index is -4.66. The third kappa shape index (κ3) is 2.14. The number of benzene rings is 2. The average Bonchev–Trinajstić information content (AvgIpc) is 2.87. The molecule has 4 aromatic rings. The summed E-state index contributed by atoms with van der Waals surface area (Å²) >= 11 is 0. The molecule has 2 aromatic heterocycles. The van der Waals surface area contributed by atoms with Crippen molar-refractivity contribution in [3.05, 3.63) is 64.0 Å². The first-order valence-corrected chi connectivity index (χ1v) is 7.34. The Kier molecular flexibility index (Phi) is 3.02. The minimum Gasteiger partial charge on any atom is -0.289 e. The Morgan fingerprint density at radius 3 is 2.52 bits per heavy atom. The number of aryl methyl sites for hydroxylation is 1. The predicted molar refractivity (Wildman–Crippen MR) is 86.6 cm³/mol. The number of hydrogen-bond acceptors (Lipinski definition) is 3. The molecule has 0 amide bonds. The van der Waals surface area contributed by atoms with Gasteiger partial charge in [-0.05, 0) is 24.6 Å². The molecule has 0 aliphatic carbocycles. The molecule has 0 N–H and O–H groups in total. The van der Waals surface area contributed by atoms with Gasteiger partial charge in [-0.25, -0.2) is 4.98 Å². The molecule has 4 rings (SSSR count). The smallest absolute Gasteiger partial charge is 0.289 e. The largest absolute Gasteiger partial charge is 0.450 e. The summed E-state index contributed by atoms with van der Waals surface area (Å²) in [5, 5.41) is 12.0. The van der Waals surface area contributed by atoms with Crippen LogP contribution in [-0.2, 0) is 6.18 Å². The van der Waals surface area contributed by atoms with Crippen LogP contribution in [0.1, 0.15) is 11.4 Å². The summed E-state index contributed by atoms with van der Waals surface area (Å²) in [6.45, 7) is 1.70. The minimum absolute atomic E-state index is 0.0660. The summed E-state index contributed by atoms with van der Waals surface area (Å²) in [5.74, 6) is -1.05. The van der Waals surface area contributed by atoms with Crippen LogP contribution < -0.4 is 0 Å². The highest BCUT2D eigenvalue weighted by Crippen LogP contribution is 2.38. The molecule has 0 atom stereocenters. The number of rotatable bonds is 1. The van der Waals surface area contributed by atoms with E-state index in [2.05, 4.69) is 4.98 Å². The SMILES string of the molecule is Cc1c2ccccc2n2c(C(F)(F)F)nc3ccc([N+](=O)[O-])cc3c12. The lowest BCUT2D eigenvalue weighted by Gasteiger charge is -2.12. The second-order valence-corrected chi connectivity index (χ2v) is 5.72. The number of para-hydroxylation sites is 1. The van der Waals surface area contributed by atoms with Gasteiger partial charge in [0.25, 0.3) is 5.69 Å². The van der Waals surface area contributed by atoms with Gasteiger partial charge in [-0.15, -0.1) is 0 Å². The van der Waals surface area contributed by atoms with Crippen LogP contribution in [-0.4, -0.2) is 14.3 Å². The highest BCUT2D eigenvalue weighted by atomic mass is 19.4. The number of nitrogens with zero attached hydrogens (tertiary/aromatic N) is 3. The van der Waals surface area contributed by atoms with Crippen molar-refractivity contribution < 1.29 is 18.1 Å². The van der Waals surface area contributed by atoms with Gasteiger partial charge in [-0.3, -0.25) is 14.5 Å². The zero-order valence-electron chi connectivity index (χ0n) is 12.8. The average molecular weight is 345 g/mol. The molecule has 0 fully saturated rings. The zero-order chi connectivity index (χ0) is 17.9. The number of aromatic nitrogens is 2. The second kappa shape index (κ2) is 4.92. The Morgan fingerprint density at radius 2 is 1.84 bits per heavy atom. The fourth-order valence-electron chi connectivity index (χ4n) is 3.22. The maximum absolute atomic E-state index is 13.6. The maximum atomic E-state index is 13.6. The van der Waals surface area contributed by atoms with Crippen molar-refractivity contribution in [3.8, 4) is 0 Å². The van der Waals surface area contributed by atoms with Crippen molar-refractivity contribution in [1.29, 1.82) is 0 Å². The Labute approximate surface area is 138 Å². The number of alkyl halides is 3. The van der Waals surface area contributed by atoms with Crippen LogP contribution in [0.3, 0.4) is 0 Å². The summed E-state index contributed by atoms with van der Waals surface area (Å²) in [5.41, 5.74) is 1.14. The van der Waals surface area contributed by atoms with E-state index >= 15 is 0 Å². The Morgan fingerprint density at radius 1 is 1.12 bits per heavy atom. The molecule has 2 aromatic carbocycles. The van der Waals surface area contributed by atoms with E-state index in [0.717, 1.165) is 10.5 Å². The fourth-order valence-corrected chi connectivity index (χ4v) is 3.22. The number of non-ortho nitro benzene ring substituents is 1. The normalized spacial score (nSPS) is 12.3. The Hall–Kier alpha value is -3.16. The standard InChI is InChI=1S/C17H10F3N3O2/c1-9-11-4-2-3-5-14(11)22-15(9)12-8-10(23(24)25)6-7-13(12)21-16(22)17(18,19)20/h2-8H,1H3. The maximum Gasteiger partial charge on any atom is 0.450 e. The summed E-state index contributed by atoms with van der Waals surface area (Å²) in [6.07, 6.45) is -4.66. The Balaban J connectivity index is 2.33. The van der Waals surface area contributed by atoms with Crippen LogP contribution in [0.5, 0.6) is 0 Å². The number of halogens is 3. The summed E-state index contributed by atoms with van der Waals surface area (Å²) in [4.78, 5) is 14.2. The van der Waals surface area contributed by atoms with Crippen LogP contribution in [0.25, 0.3) is 27.3 Å². The van der Waals surface area contributed by atoms with Crippen molar-refractivity contribution in [2.24, 2.45) is 0 Å². The first-order chi connectivity index (χ1) is 11.8. The summed E-state index contributed by atoms with van der Waals surface area (Å²) in [6, 6.07) is 10.4. The molecule has 0 bridgehead atoms. The van der Waals surface area contributed by atoms with Gasteiger partial charge in [0.1, 0.15) is 0 Å². The van der Waals surface area contributed by atoms with E-state index in [1.165, 1.54) is 12.1 Å². The van der Waals surface area contributed by atoms with Crippen molar-refractivity contribution in [2.45, 2.75) is 13.1 Å². The highest BCUT2D eigenvalue weighted by molar-refractivity contribution is 6.05. The van der Waals surface area contributed by atoms with Crippen molar-refractivity contribution in [2.75, 3.05) is 0 Å². The first-order valence-electron chi connectivity index (χ1n) is 7.34. The van der Waals surface area contributed by atoms with Crippen LogP contribution in [0.4, 0.5) is 18.9 Å². The predicted octanol–water partition coefficient (Wildman–Crippen LogP) is 4.88. The van der Waals surface area contributed by atoms with E-state index in [1.807, 2.05) is 0 Å². The molecule has 5 nitrogen and oxygen atoms in total. The van der Waals surface area contributed by atoms with Gasteiger partial charge in [0.05, 0.1) is 21.5 Å². The second-order valence-electron chi connectivity index (χ2n) is 5.72. The highest BCUT2D eigenvalue weighted by Gasteiger charge is 2.37. The number of nitro benzene ring substituents is 1. The topological polar surface area (TPSA) is 60.4 Å². The molecular weight excluding hydrogens is 335 g/mol. The lowest BCUT2D eigenvalue weighted by atomic mass is 10.1. The number of fused-ring (bicyclic) bond motifs is 5. The van der Waals surface area contributed by atoms with E-state index < -0.39 is 16.9 Å². The van der Waals surface area contributed by atoms with Gasteiger partial charge >= 0.3 is 6.18 Å². The van der Waals surface area contributed by atoms with Gasteiger partial charge in [-0.1, -0.05) is 18.2 Å². The van der Waals surface area contributed by atoms with E-state index in [1.54, 1.807) is 31.2 Å². The molecule has 0 aliphatic heterocycles. The van der Waals surface area contributed by atoms with Gasteiger partial charge in [-0.2, -0.15) is 13.2 Å².